The first-order valence-corrected chi connectivity index (χ1v) is 5.22. The summed E-state index contributed by atoms with van der Waals surface area (Å²) in [7, 11) is -4.63. The molecule has 7 heteroatoms. The van der Waals surface area contributed by atoms with E-state index < -0.39 is 21.4 Å². The Kier molecular flexibility index (Phi) is 2.87. The monoisotopic (exact) mass is 211 g/mol. The van der Waals surface area contributed by atoms with Crippen molar-refractivity contribution in [1.29, 1.82) is 0 Å². The van der Waals surface area contributed by atoms with Gasteiger partial charge in [-0.1, -0.05) is 0 Å². The Bertz CT molecular complexity index is 302. The molecule has 5 nitrogen and oxygen atoms in total. The number of rotatable bonds is 3. The number of nitrogens with zero attached hydrogens (tertiary/aromatic N) is 1. The van der Waals surface area contributed by atoms with Gasteiger partial charge in [-0.25, -0.2) is 0 Å². The molecule has 1 rings (SSSR count). The van der Waals surface area contributed by atoms with Crippen molar-refractivity contribution in [2.45, 2.75) is 11.7 Å². The van der Waals surface area contributed by atoms with E-state index in [9.17, 15) is 17.1 Å². The molecule has 1 aliphatic rings. The molecule has 13 heavy (non-hydrogen) atoms. The third-order valence-electron chi connectivity index (χ3n) is 1.95. The average Bonchev–Trinajstić information content (AvgIpc) is 2.32. The Balaban J connectivity index is 2.66. The number of hydrogen-bond donors (Lipinski definition) is 1. The van der Waals surface area contributed by atoms with Crippen LogP contribution in [0.3, 0.4) is 0 Å². The van der Waals surface area contributed by atoms with E-state index in [-0.39, 0.29) is 26.1 Å². The van der Waals surface area contributed by atoms with Crippen molar-refractivity contribution in [2.75, 3.05) is 19.7 Å². The van der Waals surface area contributed by atoms with E-state index >= 15 is 0 Å². The zero-order valence-electron chi connectivity index (χ0n) is 6.81. The van der Waals surface area contributed by atoms with Crippen LogP contribution in [-0.2, 0) is 15.0 Å². The predicted molar refractivity (Wildman–Crippen MR) is 42.1 cm³/mol. The molecule has 0 bridgehead atoms. The zero-order chi connectivity index (χ0) is 10.1. The minimum atomic E-state index is -4.63. The normalized spacial score (nSPS) is 24.0. The van der Waals surface area contributed by atoms with Gasteiger partial charge in [0.2, 0.25) is 5.91 Å². The lowest BCUT2D eigenvalue weighted by Crippen LogP contribution is -2.29. The zero-order valence-corrected chi connectivity index (χ0v) is 7.63. The second kappa shape index (κ2) is 3.59. The number of halogens is 1. The van der Waals surface area contributed by atoms with Crippen molar-refractivity contribution >= 4 is 16.1 Å². The van der Waals surface area contributed by atoms with E-state index in [4.69, 9.17) is 5.11 Å². The van der Waals surface area contributed by atoms with Gasteiger partial charge >= 0.3 is 10.2 Å². The summed E-state index contributed by atoms with van der Waals surface area (Å²) in [6.45, 7) is -0.339. The second-order valence-electron chi connectivity index (χ2n) is 2.87. The molecule has 76 valence electrons. The van der Waals surface area contributed by atoms with Gasteiger partial charge < -0.3 is 10.0 Å². The minimum Gasteiger partial charge on any atom is -0.395 e. The fraction of sp³-hybridized carbons (Fsp3) is 0.833. The number of carbonyl (C=O) groups is 1. The summed E-state index contributed by atoms with van der Waals surface area (Å²) < 4.78 is 33.3. The molecular formula is C6H10FNO4S. The van der Waals surface area contributed by atoms with Crippen molar-refractivity contribution in [2.24, 2.45) is 0 Å². The number of carbonyl (C=O) groups excluding carboxylic acids is 1. The summed E-state index contributed by atoms with van der Waals surface area (Å²) in [5.41, 5.74) is 0. The summed E-state index contributed by atoms with van der Waals surface area (Å²) in [6.07, 6.45) is -0.321. The first-order chi connectivity index (χ1) is 5.95. The van der Waals surface area contributed by atoms with E-state index in [0.29, 0.717) is 0 Å². The van der Waals surface area contributed by atoms with Crippen LogP contribution in [-0.4, -0.2) is 49.3 Å². The number of hydrogen-bond acceptors (Lipinski definition) is 4. The van der Waals surface area contributed by atoms with Gasteiger partial charge in [0, 0.05) is 19.5 Å². The highest BCUT2D eigenvalue weighted by atomic mass is 32.3. The van der Waals surface area contributed by atoms with Crippen LogP contribution in [0.5, 0.6) is 0 Å². The summed E-state index contributed by atoms with van der Waals surface area (Å²) >= 11 is 0. The van der Waals surface area contributed by atoms with Gasteiger partial charge in [0.15, 0.2) is 0 Å². The molecule has 0 aliphatic carbocycles. The smallest absolute Gasteiger partial charge is 0.307 e. The number of likely N-dealkylation sites (tertiary alicyclic amines) is 1. The third-order valence-corrected chi connectivity index (χ3v) is 3.06. The van der Waals surface area contributed by atoms with E-state index in [1.807, 2.05) is 0 Å². The van der Waals surface area contributed by atoms with Gasteiger partial charge in [-0.3, -0.25) is 4.79 Å². The number of aliphatic hydroxyl groups excluding tert-OH is 1. The van der Waals surface area contributed by atoms with Crippen LogP contribution in [0, 0.1) is 0 Å². The Morgan fingerprint density at radius 1 is 1.62 bits per heavy atom. The van der Waals surface area contributed by atoms with Crippen molar-refractivity contribution in [1.82, 2.24) is 4.90 Å². The molecule has 1 N–H and O–H groups in total. The Morgan fingerprint density at radius 2 is 2.23 bits per heavy atom. The lowest BCUT2D eigenvalue weighted by atomic mass is 10.4. The summed E-state index contributed by atoms with van der Waals surface area (Å²) in [4.78, 5) is 12.1. The SMILES string of the molecule is O=C1CC(S(=O)(=O)F)CN1CCO. The van der Waals surface area contributed by atoms with Crippen molar-refractivity contribution in [3.05, 3.63) is 0 Å². The highest BCUT2D eigenvalue weighted by Crippen LogP contribution is 2.18. The molecule has 1 aliphatic heterocycles. The average molecular weight is 211 g/mol. The lowest BCUT2D eigenvalue weighted by Gasteiger charge is -2.13. The van der Waals surface area contributed by atoms with Crippen LogP contribution in [0.15, 0.2) is 0 Å². The Morgan fingerprint density at radius 3 is 2.62 bits per heavy atom. The molecule has 1 heterocycles. The van der Waals surface area contributed by atoms with Crippen LogP contribution in [0.1, 0.15) is 6.42 Å². The summed E-state index contributed by atoms with van der Waals surface area (Å²) in [6, 6.07) is 0. The number of aliphatic hydroxyl groups is 1. The van der Waals surface area contributed by atoms with Gasteiger partial charge in [-0.05, 0) is 0 Å². The Hall–Kier alpha value is -0.690. The lowest BCUT2D eigenvalue weighted by molar-refractivity contribution is -0.128. The maximum absolute atomic E-state index is 12.4. The molecule has 0 saturated carbocycles. The first-order valence-electron chi connectivity index (χ1n) is 3.77. The molecule has 1 unspecified atom stereocenters. The highest BCUT2D eigenvalue weighted by Gasteiger charge is 2.37. The van der Waals surface area contributed by atoms with Gasteiger partial charge in [0.1, 0.15) is 5.25 Å². The summed E-state index contributed by atoms with van der Waals surface area (Å²) in [5, 5.41) is 7.24. The quantitative estimate of drug-likeness (QED) is 0.600. The number of amides is 1. The molecule has 1 saturated heterocycles. The van der Waals surface area contributed by atoms with Crippen LogP contribution in [0.4, 0.5) is 3.89 Å². The fourth-order valence-electron chi connectivity index (χ4n) is 1.26. The van der Waals surface area contributed by atoms with E-state index in [2.05, 4.69) is 0 Å². The molecule has 0 aromatic carbocycles. The van der Waals surface area contributed by atoms with Crippen LogP contribution in [0.25, 0.3) is 0 Å². The van der Waals surface area contributed by atoms with Crippen molar-refractivity contribution in [3.63, 3.8) is 0 Å². The van der Waals surface area contributed by atoms with E-state index in [1.54, 1.807) is 0 Å². The minimum absolute atomic E-state index is 0.0604. The highest BCUT2D eigenvalue weighted by molar-refractivity contribution is 7.87. The third kappa shape index (κ3) is 2.38. The fourth-order valence-corrected chi connectivity index (χ4v) is 1.96. The molecule has 1 amide bonds. The van der Waals surface area contributed by atoms with Crippen LogP contribution < -0.4 is 0 Å². The van der Waals surface area contributed by atoms with Crippen LogP contribution >= 0.6 is 0 Å². The molecular weight excluding hydrogens is 201 g/mol. The molecule has 1 fully saturated rings. The molecule has 0 aromatic rings. The molecule has 0 radical (unpaired) electrons. The van der Waals surface area contributed by atoms with Gasteiger partial charge in [0.05, 0.1) is 6.61 Å². The van der Waals surface area contributed by atoms with E-state index in [1.165, 1.54) is 0 Å². The largest absolute Gasteiger partial charge is 0.395 e. The van der Waals surface area contributed by atoms with Gasteiger partial charge in [-0.2, -0.15) is 8.42 Å². The second-order valence-corrected chi connectivity index (χ2v) is 4.48. The van der Waals surface area contributed by atoms with Gasteiger partial charge in [0.25, 0.3) is 0 Å². The Labute approximate surface area is 75.4 Å². The van der Waals surface area contributed by atoms with Crippen molar-refractivity contribution in [3.8, 4) is 0 Å². The maximum atomic E-state index is 12.4. The van der Waals surface area contributed by atoms with E-state index in [0.717, 1.165) is 4.90 Å². The number of β-amino-alcohol motifs (C(OH)–C–C–N with tert-alkyl or cyclic N) is 1. The topological polar surface area (TPSA) is 74.7 Å². The van der Waals surface area contributed by atoms with Crippen LogP contribution in [0.2, 0.25) is 0 Å². The first kappa shape index (κ1) is 10.4. The van der Waals surface area contributed by atoms with Gasteiger partial charge in [-0.15, -0.1) is 3.89 Å². The van der Waals surface area contributed by atoms with Crippen molar-refractivity contribution < 1.29 is 22.2 Å². The molecule has 0 aromatic heterocycles. The molecule has 0 spiro atoms. The predicted octanol–water partition coefficient (Wildman–Crippen LogP) is -1.12. The standard InChI is InChI=1S/C6H10FNO4S/c7-13(11,12)5-3-6(10)8(4-5)1-2-9/h5,9H,1-4H2. The maximum Gasteiger partial charge on any atom is 0.307 e. The molecule has 1 atom stereocenters. The summed E-state index contributed by atoms with van der Waals surface area (Å²) in [5.74, 6) is -0.430.